The fourth-order valence-electron chi connectivity index (χ4n) is 2.39. The van der Waals surface area contributed by atoms with Crippen molar-refractivity contribution in [3.8, 4) is 0 Å². The summed E-state index contributed by atoms with van der Waals surface area (Å²) in [6.07, 6.45) is 2.32. The van der Waals surface area contributed by atoms with Crippen LogP contribution in [0, 0.1) is 11.8 Å². The molecule has 0 radical (unpaired) electrons. The number of benzene rings is 1. The number of carbonyl (C=O) groups excluding carboxylic acids is 2. The second-order valence-corrected chi connectivity index (χ2v) is 5.93. The van der Waals surface area contributed by atoms with Crippen LogP contribution in [0.5, 0.6) is 0 Å². The highest BCUT2D eigenvalue weighted by molar-refractivity contribution is 5.96. The van der Waals surface area contributed by atoms with E-state index < -0.39 is 0 Å². The minimum absolute atomic E-state index is 0.0280. The molecule has 0 saturated carbocycles. The first-order chi connectivity index (χ1) is 9.99. The molecule has 2 amide bonds. The fourth-order valence-corrected chi connectivity index (χ4v) is 2.39. The van der Waals surface area contributed by atoms with E-state index in [0.29, 0.717) is 19.0 Å². The van der Waals surface area contributed by atoms with Crippen molar-refractivity contribution < 1.29 is 9.59 Å². The molecule has 1 aliphatic heterocycles. The molecular weight excluding hydrogens is 264 g/mol. The molecule has 0 spiro atoms. The van der Waals surface area contributed by atoms with E-state index >= 15 is 0 Å². The molecule has 4 nitrogen and oxygen atoms in total. The standard InChI is InChI=1S/C17H22N2O2/c1-4-16(20)19-10-14(11-19)17(21)18-15-7-5-13(6-8-15)9-12(2)3/h4-8,12,14H,1,9-11H2,2-3H3,(H,18,21). The summed E-state index contributed by atoms with van der Waals surface area (Å²) in [7, 11) is 0. The van der Waals surface area contributed by atoms with Gasteiger partial charge >= 0.3 is 0 Å². The Bertz CT molecular complexity index is 528. The molecule has 1 aliphatic rings. The summed E-state index contributed by atoms with van der Waals surface area (Å²) < 4.78 is 0. The van der Waals surface area contributed by atoms with Crippen LogP contribution >= 0.6 is 0 Å². The number of carbonyl (C=O) groups is 2. The maximum atomic E-state index is 12.0. The summed E-state index contributed by atoms with van der Waals surface area (Å²) in [5.74, 6) is 0.356. The second-order valence-electron chi connectivity index (χ2n) is 5.93. The van der Waals surface area contributed by atoms with Crippen molar-refractivity contribution in [1.82, 2.24) is 4.90 Å². The number of nitrogens with one attached hydrogen (secondary N) is 1. The fraction of sp³-hybridized carbons (Fsp3) is 0.412. The van der Waals surface area contributed by atoms with E-state index in [0.717, 1.165) is 12.1 Å². The number of likely N-dealkylation sites (tertiary alicyclic amines) is 1. The Kier molecular flexibility index (Phi) is 4.78. The highest BCUT2D eigenvalue weighted by atomic mass is 16.2. The average molecular weight is 286 g/mol. The van der Waals surface area contributed by atoms with Gasteiger partial charge in [0, 0.05) is 18.8 Å². The molecule has 0 aromatic heterocycles. The molecule has 1 aromatic carbocycles. The van der Waals surface area contributed by atoms with Crippen LogP contribution in [0.25, 0.3) is 0 Å². The normalized spacial score (nSPS) is 14.7. The first-order valence-corrected chi connectivity index (χ1v) is 7.30. The summed E-state index contributed by atoms with van der Waals surface area (Å²) in [5.41, 5.74) is 2.08. The monoisotopic (exact) mass is 286 g/mol. The molecule has 2 rings (SSSR count). The molecule has 0 atom stereocenters. The van der Waals surface area contributed by atoms with Gasteiger partial charge in [0.05, 0.1) is 5.92 Å². The predicted molar refractivity (Wildman–Crippen MR) is 83.9 cm³/mol. The Morgan fingerprint density at radius 2 is 1.95 bits per heavy atom. The van der Waals surface area contributed by atoms with Gasteiger partial charge in [-0.15, -0.1) is 0 Å². The van der Waals surface area contributed by atoms with E-state index in [9.17, 15) is 9.59 Å². The number of amides is 2. The van der Waals surface area contributed by atoms with Gasteiger partial charge < -0.3 is 10.2 Å². The second kappa shape index (κ2) is 6.57. The van der Waals surface area contributed by atoms with Crippen LogP contribution in [0.15, 0.2) is 36.9 Å². The third kappa shape index (κ3) is 3.94. The average Bonchev–Trinajstić information content (AvgIpc) is 2.38. The predicted octanol–water partition coefficient (Wildman–Crippen LogP) is 2.47. The summed E-state index contributed by atoms with van der Waals surface area (Å²) in [6.45, 7) is 8.75. The van der Waals surface area contributed by atoms with Gasteiger partial charge in [0.1, 0.15) is 0 Å². The van der Waals surface area contributed by atoms with Crippen LogP contribution in [0.2, 0.25) is 0 Å². The third-order valence-electron chi connectivity index (χ3n) is 3.60. The lowest BCUT2D eigenvalue weighted by Crippen LogP contribution is -2.53. The molecule has 0 bridgehead atoms. The van der Waals surface area contributed by atoms with Gasteiger partial charge in [-0.2, -0.15) is 0 Å². The zero-order valence-electron chi connectivity index (χ0n) is 12.6. The van der Waals surface area contributed by atoms with Gasteiger partial charge in [0.15, 0.2) is 0 Å². The van der Waals surface area contributed by atoms with Crippen molar-refractivity contribution >= 4 is 17.5 Å². The van der Waals surface area contributed by atoms with E-state index in [1.165, 1.54) is 11.6 Å². The van der Waals surface area contributed by atoms with E-state index in [1.807, 2.05) is 24.3 Å². The van der Waals surface area contributed by atoms with Crippen LogP contribution in [0.4, 0.5) is 5.69 Å². The van der Waals surface area contributed by atoms with Crippen molar-refractivity contribution in [3.63, 3.8) is 0 Å². The zero-order chi connectivity index (χ0) is 15.4. The van der Waals surface area contributed by atoms with Crippen LogP contribution in [-0.4, -0.2) is 29.8 Å². The van der Waals surface area contributed by atoms with Gasteiger partial charge in [0.2, 0.25) is 11.8 Å². The maximum Gasteiger partial charge on any atom is 0.246 e. The molecule has 21 heavy (non-hydrogen) atoms. The lowest BCUT2D eigenvalue weighted by Gasteiger charge is -2.37. The van der Waals surface area contributed by atoms with Crippen molar-refractivity contribution in [2.75, 3.05) is 18.4 Å². The van der Waals surface area contributed by atoms with Gasteiger partial charge in [-0.25, -0.2) is 0 Å². The lowest BCUT2D eigenvalue weighted by molar-refractivity contribution is -0.137. The molecule has 1 heterocycles. The quantitative estimate of drug-likeness (QED) is 0.845. The Hall–Kier alpha value is -2.10. The van der Waals surface area contributed by atoms with Crippen LogP contribution < -0.4 is 5.32 Å². The van der Waals surface area contributed by atoms with Crippen molar-refractivity contribution in [3.05, 3.63) is 42.5 Å². The summed E-state index contributed by atoms with van der Waals surface area (Å²) in [4.78, 5) is 25.0. The first kappa shape index (κ1) is 15.3. The lowest BCUT2D eigenvalue weighted by atomic mass is 9.98. The number of hydrogen-bond donors (Lipinski definition) is 1. The summed E-state index contributed by atoms with van der Waals surface area (Å²) in [5, 5.41) is 2.90. The SMILES string of the molecule is C=CC(=O)N1CC(C(=O)Nc2ccc(CC(C)C)cc2)C1. The van der Waals surface area contributed by atoms with E-state index in [2.05, 4.69) is 25.7 Å². The molecular formula is C17H22N2O2. The minimum Gasteiger partial charge on any atom is -0.337 e. The topological polar surface area (TPSA) is 49.4 Å². The summed E-state index contributed by atoms with van der Waals surface area (Å²) >= 11 is 0. The molecule has 1 aromatic rings. The van der Waals surface area contributed by atoms with Gasteiger partial charge in [-0.1, -0.05) is 32.6 Å². The minimum atomic E-state index is -0.121. The third-order valence-corrected chi connectivity index (χ3v) is 3.60. The number of rotatable bonds is 5. The Labute approximate surface area is 125 Å². The van der Waals surface area contributed by atoms with Gasteiger partial charge in [-0.3, -0.25) is 9.59 Å². The molecule has 1 N–H and O–H groups in total. The molecule has 1 saturated heterocycles. The first-order valence-electron chi connectivity index (χ1n) is 7.30. The molecule has 1 fully saturated rings. The van der Waals surface area contributed by atoms with E-state index in [1.54, 1.807) is 4.90 Å². The zero-order valence-corrected chi connectivity index (χ0v) is 12.6. The highest BCUT2D eigenvalue weighted by Gasteiger charge is 2.34. The molecule has 0 aliphatic carbocycles. The van der Waals surface area contributed by atoms with E-state index in [4.69, 9.17) is 0 Å². The van der Waals surface area contributed by atoms with Crippen molar-refractivity contribution in [1.29, 1.82) is 0 Å². The molecule has 4 heteroatoms. The van der Waals surface area contributed by atoms with Crippen LogP contribution in [-0.2, 0) is 16.0 Å². The van der Waals surface area contributed by atoms with Gasteiger partial charge in [0.25, 0.3) is 0 Å². The van der Waals surface area contributed by atoms with E-state index in [-0.39, 0.29) is 17.7 Å². The molecule has 112 valence electrons. The van der Waals surface area contributed by atoms with Crippen LogP contribution in [0.1, 0.15) is 19.4 Å². The Balaban J connectivity index is 1.84. The Morgan fingerprint density at radius 3 is 2.48 bits per heavy atom. The Morgan fingerprint density at radius 1 is 1.33 bits per heavy atom. The van der Waals surface area contributed by atoms with Crippen molar-refractivity contribution in [2.45, 2.75) is 20.3 Å². The summed E-state index contributed by atoms with van der Waals surface area (Å²) in [6, 6.07) is 7.95. The molecule has 0 unspecified atom stereocenters. The van der Waals surface area contributed by atoms with Gasteiger partial charge in [-0.05, 0) is 36.1 Å². The highest BCUT2D eigenvalue weighted by Crippen LogP contribution is 2.19. The number of anilines is 1. The van der Waals surface area contributed by atoms with Crippen LogP contribution in [0.3, 0.4) is 0 Å². The smallest absolute Gasteiger partial charge is 0.246 e. The largest absolute Gasteiger partial charge is 0.337 e. The number of nitrogens with zero attached hydrogens (tertiary/aromatic N) is 1. The maximum absolute atomic E-state index is 12.0. The van der Waals surface area contributed by atoms with Crippen molar-refractivity contribution in [2.24, 2.45) is 11.8 Å². The number of hydrogen-bond acceptors (Lipinski definition) is 2.